The Kier molecular flexibility index (Phi) is 3.73. The number of halogens is 1. The Morgan fingerprint density at radius 1 is 1.43 bits per heavy atom. The molecule has 0 spiro atoms. The first kappa shape index (κ1) is 13.8. The maximum absolute atomic E-state index is 12.7. The van der Waals surface area contributed by atoms with Crippen molar-refractivity contribution in [2.24, 2.45) is 5.92 Å². The van der Waals surface area contributed by atoms with Crippen LogP contribution in [0.15, 0.2) is 37.4 Å². The van der Waals surface area contributed by atoms with Crippen LogP contribution < -0.4 is 5.32 Å². The molecular weight excluding hydrogens is 267 g/mol. The van der Waals surface area contributed by atoms with Crippen molar-refractivity contribution >= 4 is 11.5 Å². The summed E-state index contributed by atoms with van der Waals surface area (Å²) in [6.07, 6.45) is 8.20. The molecule has 2 heterocycles. The van der Waals surface area contributed by atoms with E-state index >= 15 is 0 Å². The fraction of sp³-hybridized carbons (Fsp3) is 0.375. The minimum atomic E-state index is -0.614. The van der Waals surface area contributed by atoms with Gasteiger partial charge in [0.1, 0.15) is 6.17 Å². The van der Waals surface area contributed by atoms with Crippen molar-refractivity contribution in [3.8, 4) is 5.69 Å². The lowest BCUT2D eigenvalue weighted by Crippen LogP contribution is -2.30. The Morgan fingerprint density at radius 2 is 2.14 bits per heavy atom. The smallest absolute Gasteiger partial charge is 0.222 e. The van der Waals surface area contributed by atoms with Gasteiger partial charge in [0, 0.05) is 18.9 Å². The molecule has 0 aliphatic heterocycles. The highest BCUT2D eigenvalue weighted by atomic mass is 19.1. The Balaban J connectivity index is 1.61. The van der Waals surface area contributed by atoms with Crippen LogP contribution in [-0.2, 0) is 0 Å². The predicted octanol–water partition coefficient (Wildman–Crippen LogP) is 3.46. The highest BCUT2D eigenvalue weighted by Crippen LogP contribution is 2.29. The third-order valence-electron chi connectivity index (χ3n) is 3.85. The number of hydrogen-bond acceptors (Lipinski definition) is 3. The van der Waals surface area contributed by atoms with Gasteiger partial charge in [-0.1, -0.05) is 6.58 Å². The van der Waals surface area contributed by atoms with Crippen molar-refractivity contribution < 1.29 is 4.39 Å². The van der Waals surface area contributed by atoms with E-state index in [4.69, 9.17) is 0 Å². The van der Waals surface area contributed by atoms with Crippen molar-refractivity contribution in [3.63, 3.8) is 0 Å². The summed E-state index contributed by atoms with van der Waals surface area (Å²) in [5, 5.41) is 3.16. The highest BCUT2D eigenvalue weighted by molar-refractivity contribution is 5.61. The van der Waals surface area contributed by atoms with E-state index in [9.17, 15) is 4.39 Å². The largest absolute Gasteiger partial charge is 0.354 e. The number of hydrogen-bond donors (Lipinski definition) is 1. The van der Waals surface area contributed by atoms with Crippen molar-refractivity contribution in [3.05, 3.63) is 43.0 Å². The molecule has 0 amide bonds. The molecule has 1 saturated carbocycles. The molecule has 1 aliphatic carbocycles. The lowest BCUT2D eigenvalue weighted by molar-refractivity contribution is 0.140. The van der Waals surface area contributed by atoms with Crippen LogP contribution in [0, 0.1) is 5.92 Å². The molecule has 1 N–H and O–H groups in total. The third-order valence-corrected chi connectivity index (χ3v) is 3.85. The lowest BCUT2D eigenvalue weighted by Gasteiger charge is -2.29. The van der Waals surface area contributed by atoms with Crippen LogP contribution in [0.25, 0.3) is 11.3 Å². The monoisotopic (exact) mass is 286 g/mol. The molecule has 0 unspecified atom stereocenters. The Hall–Kier alpha value is -2.17. The van der Waals surface area contributed by atoms with Crippen LogP contribution in [-0.4, -0.2) is 27.3 Å². The Labute approximate surface area is 123 Å². The van der Waals surface area contributed by atoms with Gasteiger partial charge in [0.15, 0.2) is 0 Å². The molecule has 0 radical (unpaired) electrons. The van der Waals surface area contributed by atoms with E-state index in [-0.39, 0.29) is 0 Å². The fourth-order valence-corrected chi connectivity index (χ4v) is 2.41. The summed E-state index contributed by atoms with van der Waals surface area (Å²) in [5.41, 5.74) is 3.03. The standard InChI is InChI=1S/C16H19FN4/c1-11(2)13-3-4-21(10-13)15-8-19-16(20-9-15)18-7-12-5-14(17)6-12/h3-4,8-10,12,14H,1,5-7H2,2H3,(H,18,19,20). The van der Waals surface area contributed by atoms with Crippen LogP contribution in [0.5, 0.6) is 0 Å². The second kappa shape index (κ2) is 5.68. The van der Waals surface area contributed by atoms with Gasteiger partial charge in [0.2, 0.25) is 5.95 Å². The Morgan fingerprint density at radius 3 is 2.71 bits per heavy atom. The van der Waals surface area contributed by atoms with E-state index < -0.39 is 6.17 Å². The van der Waals surface area contributed by atoms with Gasteiger partial charge in [-0.3, -0.25) is 0 Å². The summed E-state index contributed by atoms with van der Waals surface area (Å²) < 4.78 is 14.7. The average Bonchev–Trinajstić information content (AvgIpc) is 2.93. The summed E-state index contributed by atoms with van der Waals surface area (Å²) >= 11 is 0. The molecule has 2 aromatic heterocycles. The van der Waals surface area contributed by atoms with Gasteiger partial charge in [-0.05, 0) is 42.9 Å². The van der Waals surface area contributed by atoms with E-state index in [0.717, 1.165) is 23.4 Å². The molecule has 21 heavy (non-hydrogen) atoms. The predicted molar refractivity (Wildman–Crippen MR) is 82.2 cm³/mol. The normalized spacial score (nSPS) is 20.9. The second-order valence-corrected chi connectivity index (χ2v) is 5.67. The lowest BCUT2D eigenvalue weighted by atomic mass is 9.83. The topological polar surface area (TPSA) is 42.7 Å². The van der Waals surface area contributed by atoms with Crippen molar-refractivity contribution in [2.45, 2.75) is 25.9 Å². The van der Waals surface area contributed by atoms with Gasteiger partial charge < -0.3 is 9.88 Å². The first-order valence-corrected chi connectivity index (χ1v) is 7.16. The number of allylic oxidation sites excluding steroid dienone is 1. The Bertz CT molecular complexity index is 626. The summed E-state index contributed by atoms with van der Waals surface area (Å²) in [6, 6.07) is 2.01. The summed E-state index contributed by atoms with van der Waals surface area (Å²) in [4.78, 5) is 8.60. The van der Waals surface area contributed by atoms with Gasteiger partial charge in [0.25, 0.3) is 0 Å². The molecule has 110 valence electrons. The molecule has 1 aliphatic rings. The number of alkyl halides is 1. The molecule has 4 nitrogen and oxygen atoms in total. The van der Waals surface area contributed by atoms with Crippen LogP contribution in [0.2, 0.25) is 0 Å². The summed E-state index contributed by atoms with van der Waals surface area (Å²) in [5.74, 6) is 0.999. The van der Waals surface area contributed by atoms with Crippen LogP contribution >= 0.6 is 0 Å². The molecule has 3 rings (SSSR count). The number of nitrogens with zero attached hydrogens (tertiary/aromatic N) is 3. The van der Waals surface area contributed by atoms with Gasteiger partial charge in [-0.2, -0.15) is 0 Å². The van der Waals surface area contributed by atoms with E-state index in [1.807, 2.05) is 30.0 Å². The summed E-state index contributed by atoms with van der Waals surface area (Å²) in [7, 11) is 0. The van der Waals surface area contributed by atoms with Crippen LogP contribution in [0.1, 0.15) is 25.3 Å². The maximum Gasteiger partial charge on any atom is 0.222 e. The van der Waals surface area contributed by atoms with Gasteiger partial charge in [0.05, 0.1) is 18.1 Å². The van der Waals surface area contributed by atoms with Crippen LogP contribution in [0.4, 0.5) is 10.3 Å². The van der Waals surface area contributed by atoms with E-state index in [1.54, 1.807) is 12.4 Å². The molecule has 1 fully saturated rings. The zero-order chi connectivity index (χ0) is 14.8. The van der Waals surface area contributed by atoms with E-state index in [0.29, 0.717) is 24.7 Å². The minimum absolute atomic E-state index is 0.408. The fourth-order valence-electron chi connectivity index (χ4n) is 2.41. The minimum Gasteiger partial charge on any atom is -0.354 e. The first-order valence-electron chi connectivity index (χ1n) is 7.16. The van der Waals surface area contributed by atoms with Crippen molar-refractivity contribution in [2.75, 3.05) is 11.9 Å². The molecular formula is C16H19FN4. The summed E-state index contributed by atoms with van der Waals surface area (Å²) in [6.45, 7) is 6.64. The molecule has 0 saturated heterocycles. The van der Waals surface area contributed by atoms with Crippen LogP contribution in [0.3, 0.4) is 0 Å². The molecule has 2 aromatic rings. The van der Waals surface area contributed by atoms with Gasteiger partial charge in [-0.15, -0.1) is 0 Å². The molecule has 0 atom stereocenters. The molecule has 0 bridgehead atoms. The number of nitrogens with one attached hydrogen (secondary N) is 1. The van der Waals surface area contributed by atoms with Gasteiger partial charge in [-0.25, -0.2) is 14.4 Å². The number of aromatic nitrogens is 3. The van der Waals surface area contributed by atoms with Gasteiger partial charge >= 0.3 is 0 Å². The molecule has 5 heteroatoms. The van der Waals surface area contributed by atoms with E-state index in [1.165, 1.54) is 0 Å². The SMILES string of the molecule is C=C(C)c1ccn(-c2cnc(NCC3CC(F)C3)nc2)c1. The third kappa shape index (κ3) is 3.12. The zero-order valence-corrected chi connectivity index (χ0v) is 12.1. The first-order chi connectivity index (χ1) is 10.1. The van der Waals surface area contributed by atoms with E-state index in [2.05, 4.69) is 21.9 Å². The second-order valence-electron chi connectivity index (χ2n) is 5.67. The van der Waals surface area contributed by atoms with Crippen molar-refractivity contribution in [1.29, 1.82) is 0 Å². The number of anilines is 1. The van der Waals surface area contributed by atoms with Crippen molar-refractivity contribution in [1.82, 2.24) is 14.5 Å². The highest BCUT2D eigenvalue weighted by Gasteiger charge is 2.28. The number of rotatable bonds is 5. The maximum atomic E-state index is 12.7. The zero-order valence-electron chi connectivity index (χ0n) is 12.1. The molecule has 0 aromatic carbocycles. The average molecular weight is 286 g/mol. The quantitative estimate of drug-likeness (QED) is 0.915.